The van der Waals surface area contributed by atoms with Crippen LogP contribution in [0.5, 0.6) is 5.75 Å². The number of hydrogen-bond donors (Lipinski definition) is 0. The van der Waals surface area contributed by atoms with Crippen LogP contribution in [0.4, 0.5) is 9.18 Å². The lowest BCUT2D eigenvalue weighted by Crippen LogP contribution is -2.57. The first-order valence-electron chi connectivity index (χ1n) is 11.7. The van der Waals surface area contributed by atoms with E-state index in [1.165, 1.54) is 6.07 Å². The molecule has 1 saturated carbocycles. The molecule has 1 aromatic carbocycles. The molecule has 184 valence electrons. The van der Waals surface area contributed by atoms with Crippen molar-refractivity contribution in [2.75, 3.05) is 45.5 Å². The number of carbonyl (C=O) groups is 1. The average molecular weight is 485 g/mol. The maximum Gasteiger partial charge on any atom is 0.410 e. The van der Waals surface area contributed by atoms with Crippen LogP contribution in [-0.2, 0) is 19.3 Å². The number of carbonyl (C=O) groups excluding carboxylic acids is 1. The quantitative estimate of drug-likeness (QED) is 0.588. The number of para-hydroxylation sites is 1. The van der Waals surface area contributed by atoms with Gasteiger partial charge in [0.25, 0.3) is 0 Å². The van der Waals surface area contributed by atoms with Crippen LogP contribution < -0.4 is 4.74 Å². The lowest BCUT2D eigenvalue weighted by Gasteiger charge is -2.45. The number of piperazine rings is 1. The highest BCUT2D eigenvalue weighted by Gasteiger charge is 2.35. The van der Waals surface area contributed by atoms with Gasteiger partial charge in [-0.15, -0.1) is 0 Å². The van der Waals surface area contributed by atoms with Gasteiger partial charge in [-0.2, -0.15) is 0 Å². The van der Waals surface area contributed by atoms with E-state index >= 15 is 0 Å². The third-order valence-electron chi connectivity index (χ3n) is 6.90. The molecule has 10 heteroatoms. The molecule has 1 unspecified atom stereocenters. The number of halogens is 1. The summed E-state index contributed by atoms with van der Waals surface area (Å²) in [5.74, 6) is 0.559. The van der Waals surface area contributed by atoms with Crippen LogP contribution in [0.2, 0.25) is 0 Å². The van der Waals surface area contributed by atoms with Gasteiger partial charge in [0.15, 0.2) is 12.1 Å². The summed E-state index contributed by atoms with van der Waals surface area (Å²) in [6, 6.07) is 5.37. The molecule has 0 N–H and O–H groups in total. The molecule has 4 rings (SSSR count). The molecule has 2 aliphatic heterocycles. The van der Waals surface area contributed by atoms with E-state index in [0.717, 1.165) is 38.8 Å². The average Bonchev–Trinajstić information content (AvgIpc) is 2.80. The molecule has 1 aliphatic carbocycles. The largest absolute Gasteiger partial charge is 0.492 e. The Morgan fingerprint density at radius 2 is 1.88 bits per heavy atom. The molecule has 0 aromatic heterocycles. The summed E-state index contributed by atoms with van der Waals surface area (Å²) in [6.07, 6.45) is 3.70. The fraction of sp³-hybridized carbons (Fsp3) is 0.696. The summed E-state index contributed by atoms with van der Waals surface area (Å²) in [5, 5.41) is 0. The molecule has 1 atom stereocenters. The summed E-state index contributed by atoms with van der Waals surface area (Å²) < 4.78 is 53.2. The number of alkyl halides is 1. The van der Waals surface area contributed by atoms with Gasteiger partial charge in [0.1, 0.15) is 10.6 Å². The van der Waals surface area contributed by atoms with Gasteiger partial charge in [-0.1, -0.05) is 12.1 Å². The van der Waals surface area contributed by atoms with Crippen LogP contribution in [0.1, 0.15) is 32.6 Å². The molecule has 1 amide bonds. The lowest BCUT2D eigenvalue weighted by atomic mass is 9.85. The van der Waals surface area contributed by atoms with Gasteiger partial charge in [0.05, 0.1) is 19.8 Å². The van der Waals surface area contributed by atoms with Crippen LogP contribution in [0.25, 0.3) is 0 Å². The Kier molecular flexibility index (Phi) is 7.76. The molecule has 2 saturated heterocycles. The lowest BCUT2D eigenvalue weighted by molar-refractivity contribution is -0.108. The topological polar surface area (TPSA) is 85.4 Å². The van der Waals surface area contributed by atoms with E-state index in [1.54, 1.807) is 18.2 Å². The molecule has 8 nitrogen and oxygen atoms in total. The molecule has 0 bridgehead atoms. The van der Waals surface area contributed by atoms with Gasteiger partial charge >= 0.3 is 6.09 Å². The van der Waals surface area contributed by atoms with E-state index < -0.39 is 15.8 Å². The van der Waals surface area contributed by atoms with Gasteiger partial charge in [0, 0.05) is 31.7 Å². The second-order valence-corrected chi connectivity index (χ2v) is 11.1. The van der Waals surface area contributed by atoms with E-state index in [0.29, 0.717) is 38.3 Å². The Morgan fingerprint density at radius 3 is 2.52 bits per heavy atom. The van der Waals surface area contributed by atoms with Crippen molar-refractivity contribution in [3.05, 3.63) is 24.3 Å². The number of hydrogen-bond acceptors (Lipinski definition) is 7. The molecule has 2 heterocycles. The molecule has 33 heavy (non-hydrogen) atoms. The van der Waals surface area contributed by atoms with Crippen molar-refractivity contribution in [2.24, 2.45) is 5.92 Å². The summed E-state index contributed by atoms with van der Waals surface area (Å²) in [4.78, 5) is 16.6. The monoisotopic (exact) mass is 484 g/mol. The SMILES string of the molecule is CC1CN(C2CCC(COc3ccccc3S(=O)(=O)CF)CC2)CCN1C(=O)OC1COC1. The smallest absolute Gasteiger partial charge is 0.410 e. The van der Waals surface area contributed by atoms with Crippen LogP contribution in [0.15, 0.2) is 29.2 Å². The highest BCUT2D eigenvalue weighted by Crippen LogP contribution is 2.31. The predicted octanol–water partition coefficient (Wildman–Crippen LogP) is 2.87. The zero-order valence-electron chi connectivity index (χ0n) is 19.0. The zero-order chi connectivity index (χ0) is 23.4. The molecule has 3 fully saturated rings. The van der Waals surface area contributed by atoms with Crippen LogP contribution in [0.3, 0.4) is 0 Å². The third kappa shape index (κ3) is 5.78. The molecular weight excluding hydrogens is 451 g/mol. The Balaban J connectivity index is 1.23. The van der Waals surface area contributed by atoms with Crippen LogP contribution in [-0.4, -0.2) is 88.0 Å². The van der Waals surface area contributed by atoms with Crippen molar-refractivity contribution in [1.29, 1.82) is 0 Å². The van der Waals surface area contributed by atoms with Crippen LogP contribution >= 0.6 is 0 Å². The van der Waals surface area contributed by atoms with Crippen molar-refractivity contribution in [1.82, 2.24) is 9.80 Å². The fourth-order valence-electron chi connectivity index (χ4n) is 4.85. The highest BCUT2D eigenvalue weighted by molar-refractivity contribution is 7.91. The number of benzene rings is 1. The number of ether oxygens (including phenoxy) is 3. The van der Waals surface area contributed by atoms with Gasteiger partial charge in [-0.25, -0.2) is 17.6 Å². The molecule has 3 aliphatic rings. The Morgan fingerprint density at radius 1 is 1.15 bits per heavy atom. The minimum Gasteiger partial charge on any atom is -0.492 e. The summed E-state index contributed by atoms with van der Waals surface area (Å²) in [7, 11) is -3.97. The number of amides is 1. The molecule has 1 aromatic rings. The van der Waals surface area contributed by atoms with E-state index in [2.05, 4.69) is 11.8 Å². The van der Waals surface area contributed by atoms with Crippen molar-refractivity contribution in [3.63, 3.8) is 0 Å². The number of sulfone groups is 1. The van der Waals surface area contributed by atoms with E-state index in [9.17, 15) is 17.6 Å². The van der Waals surface area contributed by atoms with Crippen molar-refractivity contribution in [2.45, 2.75) is 55.7 Å². The first kappa shape index (κ1) is 24.2. The van der Waals surface area contributed by atoms with E-state index in [-0.39, 0.29) is 28.9 Å². The molecule has 0 spiro atoms. The first-order valence-corrected chi connectivity index (χ1v) is 13.3. The first-order chi connectivity index (χ1) is 15.9. The van der Waals surface area contributed by atoms with Gasteiger partial charge in [0.2, 0.25) is 9.84 Å². The van der Waals surface area contributed by atoms with Crippen molar-refractivity contribution >= 4 is 15.9 Å². The van der Waals surface area contributed by atoms with Crippen molar-refractivity contribution < 1.29 is 31.8 Å². The van der Waals surface area contributed by atoms with E-state index in [1.807, 2.05) is 4.90 Å². The Bertz CT molecular complexity index is 917. The van der Waals surface area contributed by atoms with Gasteiger partial charge in [-0.3, -0.25) is 4.90 Å². The number of rotatable bonds is 7. The summed E-state index contributed by atoms with van der Waals surface area (Å²) in [5.41, 5.74) is 0. The van der Waals surface area contributed by atoms with E-state index in [4.69, 9.17) is 14.2 Å². The van der Waals surface area contributed by atoms with Crippen molar-refractivity contribution in [3.8, 4) is 5.75 Å². The third-order valence-corrected chi connectivity index (χ3v) is 8.20. The minimum atomic E-state index is -3.97. The predicted molar refractivity (Wildman–Crippen MR) is 120 cm³/mol. The second-order valence-electron chi connectivity index (χ2n) is 9.24. The zero-order valence-corrected chi connectivity index (χ0v) is 19.8. The summed E-state index contributed by atoms with van der Waals surface area (Å²) in [6.45, 7) is 5.79. The maximum atomic E-state index is 12.9. The fourth-order valence-corrected chi connectivity index (χ4v) is 5.69. The van der Waals surface area contributed by atoms with Crippen LogP contribution in [0, 0.1) is 5.92 Å². The molecular formula is C23H33FN2O6S. The maximum absolute atomic E-state index is 12.9. The normalized spacial score (nSPS) is 27.1. The standard InChI is InChI=1S/C23H33FN2O6S/c1-17-12-25(10-11-26(17)23(27)32-20-14-30-15-20)19-8-6-18(7-9-19)13-31-21-4-2-3-5-22(21)33(28,29)16-24/h2-5,17-20H,6-16H2,1H3. The number of nitrogens with zero attached hydrogens (tertiary/aromatic N) is 2. The summed E-state index contributed by atoms with van der Waals surface area (Å²) >= 11 is 0. The Hall–Kier alpha value is -1.91. The minimum absolute atomic E-state index is 0.0867. The van der Waals surface area contributed by atoms with Gasteiger partial charge in [-0.05, 0) is 50.7 Å². The molecule has 0 radical (unpaired) electrons. The highest BCUT2D eigenvalue weighted by atomic mass is 32.2. The Labute approximate surface area is 194 Å². The van der Waals surface area contributed by atoms with Gasteiger partial charge < -0.3 is 19.1 Å². The second kappa shape index (κ2) is 10.6.